The number of carbonyl (C=O) groups is 1. The van der Waals surface area contributed by atoms with Gasteiger partial charge >= 0.3 is 134 Å². The summed E-state index contributed by atoms with van der Waals surface area (Å²) in [5.74, 6) is 4.76. The first-order valence-corrected chi connectivity index (χ1v) is 42.8. The number of rotatable bonds is 3. The van der Waals surface area contributed by atoms with Crippen molar-refractivity contribution in [1.29, 1.82) is 0 Å². The van der Waals surface area contributed by atoms with Crippen LogP contribution in [0.2, 0.25) is 0 Å². The Morgan fingerprint density at radius 2 is 0.708 bits per heavy atom. The third-order valence-electron chi connectivity index (χ3n) is 31.5. The van der Waals surface area contributed by atoms with Gasteiger partial charge in [-0.1, -0.05) is 65.8 Å². The molecule has 2 saturated heterocycles. The fraction of sp³-hybridized carbons (Fsp3) is 0.726. The maximum absolute atomic E-state index is 12.7. The van der Waals surface area contributed by atoms with Crippen LogP contribution in [0.5, 0.6) is 0 Å². The summed E-state index contributed by atoms with van der Waals surface area (Å²) in [4.78, 5) is 12.7. The number of allylic oxidation sites excluding steroid dienone is 2. The van der Waals surface area contributed by atoms with E-state index in [4.69, 9.17) is 18.9 Å². The molecule has 17 rings (SSSR count). The normalized spacial score (nSPS) is 48.4. The van der Waals surface area contributed by atoms with Gasteiger partial charge in [0.15, 0.2) is 11.6 Å². The van der Waals surface area contributed by atoms with E-state index in [9.17, 15) is 30.3 Å². The maximum atomic E-state index is 12.7. The van der Waals surface area contributed by atoms with Crippen molar-refractivity contribution in [3.63, 3.8) is 0 Å². The molecule has 14 aliphatic rings. The summed E-state index contributed by atoms with van der Waals surface area (Å²) in [6, 6.07) is 32.3. The summed E-state index contributed by atoms with van der Waals surface area (Å²) < 4.78 is 26.1. The van der Waals surface area contributed by atoms with Gasteiger partial charge in [-0.15, -0.1) is 0 Å². The van der Waals surface area contributed by atoms with Crippen LogP contribution in [0.15, 0.2) is 115 Å². The molecule has 12 saturated carbocycles. The van der Waals surface area contributed by atoms with E-state index in [1.54, 1.807) is 0 Å². The Hall–Kier alpha value is -2.64. The number of hydrogen-bond acceptors (Lipinski definition) is 10. The molecule has 0 radical (unpaired) electrons. The van der Waals surface area contributed by atoms with E-state index in [1.807, 2.05) is 13.8 Å². The predicted octanol–water partition coefficient (Wildman–Crippen LogP) is 15.7. The van der Waals surface area contributed by atoms with Gasteiger partial charge in [-0.05, 0) is 254 Å². The number of ketones is 1. The van der Waals surface area contributed by atoms with Crippen LogP contribution >= 0.6 is 20.8 Å². The number of hydrogen-bond donors (Lipinski definition) is 5. The number of fused-ring (bicyclic) bond motifs is 21. The van der Waals surface area contributed by atoms with Gasteiger partial charge in [0.25, 0.3) is 0 Å². The van der Waals surface area contributed by atoms with Crippen LogP contribution in [0.25, 0.3) is 0 Å². The number of aliphatic hydroxyl groups excluding tert-OH is 5. The molecule has 12 unspecified atom stereocenters. The average Bonchev–Trinajstić information content (AvgIpc) is 1.40. The molecule has 3 aromatic rings. The van der Waals surface area contributed by atoms with E-state index in [1.165, 1.54) is 59.2 Å². The standard InChI is InChI=1S/C23H36O3.C22H34O4.C20H32O3.C19H18BrP/c1-13-6-7-15-18-16(9-11-22(13,15)4)23(5)10-8-14(24)12-17(23)19-20(18)26-21(2,3)25-19;1-20(2)25-18-15-11-12(23)7-9-21(15,3)14-8-10-22(4)13(5-6-16(22)24)17(14)19(18)26-20;1-11-4-5-13-16-14(7-9-19(11,13)2)20(3)8-6-12(21)10-15(20)17(22)18(16)23;1-21(20,17-11-5-2-6-12-17,18-13-7-3-8-14-18)19-15-9-4-10-16-19/h14-20,24H,1,6-12H2,2-5H3;12-15,17-19,23H,5-11H2,1-4H3;12-18,21-23H,1,4-10H2,2-3H3;2-16H,1H3/t14-,15?,16?,17?,18?,19+,20+,22+,23+;12-,13?,14?,15?,17?,18+,19+,21+,22-;12-,13?,14?,15?,16?,17+,18+,19+,20+;/m000./s1. The van der Waals surface area contributed by atoms with Crippen molar-refractivity contribution in [3.8, 4) is 0 Å². The summed E-state index contributed by atoms with van der Waals surface area (Å²) in [6.07, 6.45) is 20.1. The van der Waals surface area contributed by atoms with Crippen LogP contribution in [0.3, 0.4) is 0 Å². The van der Waals surface area contributed by atoms with E-state index in [2.05, 4.69) is 182 Å². The van der Waals surface area contributed by atoms with Crippen LogP contribution in [0.4, 0.5) is 0 Å². The second kappa shape index (κ2) is 24.8. The minimum absolute atomic E-state index is 0.0384. The van der Waals surface area contributed by atoms with Gasteiger partial charge in [-0.2, -0.15) is 0 Å². The van der Waals surface area contributed by atoms with E-state index < -0.39 is 29.1 Å². The fourth-order valence-corrected chi connectivity index (χ4v) is 31.6. The van der Waals surface area contributed by atoms with Crippen LogP contribution in [0, 0.1) is 104 Å². The van der Waals surface area contributed by atoms with Gasteiger partial charge in [0.1, 0.15) is 5.78 Å². The third kappa shape index (κ3) is 11.0. The predicted molar refractivity (Wildman–Crippen MR) is 388 cm³/mol. The number of benzene rings is 3. The number of halogens is 1. The van der Waals surface area contributed by atoms with Crippen molar-refractivity contribution in [2.75, 3.05) is 6.66 Å². The SMILES string of the molecule is C=C1CCC2C3C(CC[C@]12C)[C@@]1(C)CC[C@H](O)CC1[C@@H](O)[C@@H]3O.C=C1CCC2C3C(CC[C@]12C)[C@@]1(C)CC[C@H](O)CC1[C@H]1OC(C)(C)O[C@H]31.CC1(C)O[C@@H]2C3C(CC[C@]4(C)C(=O)CCC34)[C@@]3(C)CC[C@H](O)CC3[C@H]2O1.CP(Br)(c1ccccc1)(c1ccccc1)c1ccccc1. The van der Waals surface area contributed by atoms with Crippen LogP contribution < -0.4 is 15.9 Å². The molecule has 10 nitrogen and oxygen atoms in total. The molecular formula is C84H120BrO10P. The van der Waals surface area contributed by atoms with Crippen molar-refractivity contribution in [2.24, 2.45) is 104 Å². The Labute approximate surface area is 584 Å². The minimum atomic E-state index is -2.56. The summed E-state index contributed by atoms with van der Waals surface area (Å²) in [5, 5.41) is 54.3. The Morgan fingerprint density at radius 1 is 0.385 bits per heavy atom. The zero-order valence-electron chi connectivity index (χ0n) is 60.2. The van der Waals surface area contributed by atoms with E-state index >= 15 is 0 Å². The summed E-state index contributed by atoms with van der Waals surface area (Å²) >= 11 is 4.24. The molecule has 3 aromatic carbocycles. The number of ether oxygens (including phenoxy) is 4. The van der Waals surface area contributed by atoms with Crippen molar-refractivity contribution in [3.05, 3.63) is 115 Å². The first-order chi connectivity index (χ1) is 45.2. The summed E-state index contributed by atoms with van der Waals surface area (Å²) in [6.45, 7) is 33.7. The van der Waals surface area contributed by atoms with Gasteiger partial charge in [-0.3, -0.25) is 4.79 Å². The molecule has 14 fully saturated rings. The molecular weight excluding hydrogens is 1280 g/mol. The Balaban J connectivity index is 0.000000110. The molecule has 12 heteroatoms. The van der Waals surface area contributed by atoms with Crippen molar-refractivity contribution < 1.29 is 49.3 Å². The third-order valence-corrected chi connectivity index (χ3v) is 39.7. The van der Waals surface area contributed by atoms with Gasteiger partial charge in [-0.25, -0.2) is 0 Å². The molecule has 0 aromatic heterocycles. The second-order valence-corrected chi connectivity index (χ2v) is 46.4. The van der Waals surface area contributed by atoms with Crippen LogP contribution in [-0.2, 0) is 23.7 Å². The quantitative estimate of drug-likeness (QED) is 0.126. The van der Waals surface area contributed by atoms with Gasteiger partial charge < -0.3 is 44.5 Å². The average molecular weight is 1400 g/mol. The molecule has 528 valence electrons. The molecule has 5 N–H and O–H groups in total. The molecule has 27 atom stereocenters. The summed E-state index contributed by atoms with van der Waals surface area (Å²) in [5.41, 5.74) is 3.66. The number of Topliss-reactive ketones (excluding diaryl/α,β-unsaturated/α-hetero) is 1. The van der Waals surface area contributed by atoms with Crippen LogP contribution in [0.1, 0.15) is 204 Å². The van der Waals surface area contributed by atoms with Crippen LogP contribution in [-0.4, -0.2) is 104 Å². The molecule has 0 amide bonds. The van der Waals surface area contributed by atoms with Crippen molar-refractivity contribution in [2.45, 2.75) is 271 Å². The zero-order valence-corrected chi connectivity index (χ0v) is 62.6. The van der Waals surface area contributed by atoms with Gasteiger partial charge in [0, 0.05) is 11.8 Å². The van der Waals surface area contributed by atoms with Crippen molar-refractivity contribution >= 4 is 42.5 Å². The Bertz CT molecular complexity index is 3170. The van der Waals surface area contributed by atoms with Gasteiger partial charge in [0.2, 0.25) is 0 Å². The molecule has 2 heterocycles. The monoisotopic (exact) mass is 1400 g/mol. The fourth-order valence-electron chi connectivity index (χ4n) is 25.9. The van der Waals surface area contributed by atoms with Crippen molar-refractivity contribution in [1.82, 2.24) is 0 Å². The number of aliphatic hydroxyl groups is 5. The zero-order chi connectivity index (χ0) is 68.3. The first kappa shape index (κ1) is 70.4. The first-order valence-electron chi connectivity index (χ1n) is 38.1. The Kier molecular flexibility index (Phi) is 18.2. The number of carbonyl (C=O) groups excluding carboxylic acids is 1. The van der Waals surface area contributed by atoms with E-state index in [0.29, 0.717) is 76.8 Å². The molecule has 0 spiro atoms. The molecule has 12 aliphatic carbocycles. The van der Waals surface area contributed by atoms with E-state index in [-0.39, 0.29) is 81.6 Å². The summed E-state index contributed by atoms with van der Waals surface area (Å²) in [7, 11) is 0. The van der Waals surface area contributed by atoms with Gasteiger partial charge in [0.05, 0.1) is 54.9 Å². The molecule has 2 aliphatic heterocycles. The molecule has 0 bridgehead atoms. The Morgan fingerprint density at radius 3 is 1.11 bits per heavy atom. The topological polar surface area (TPSA) is 155 Å². The second-order valence-electron chi connectivity index (χ2n) is 36.7. The van der Waals surface area contributed by atoms with E-state index in [0.717, 1.165) is 96.3 Å². The molecule has 96 heavy (non-hydrogen) atoms.